The zero-order valence-electron chi connectivity index (χ0n) is 25.6. The van der Waals surface area contributed by atoms with E-state index in [9.17, 15) is 25.2 Å². The van der Waals surface area contributed by atoms with Crippen LogP contribution in [0.1, 0.15) is 107 Å². The summed E-state index contributed by atoms with van der Waals surface area (Å²) in [5.41, 5.74) is 6.64. The molecule has 0 aliphatic carbocycles. The summed E-state index contributed by atoms with van der Waals surface area (Å²) in [7, 11) is 0. The highest BCUT2D eigenvalue weighted by molar-refractivity contribution is 6.00. The molecule has 0 bridgehead atoms. The molecule has 1 aliphatic rings. The lowest BCUT2D eigenvalue weighted by atomic mass is 9.84. The summed E-state index contributed by atoms with van der Waals surface area (Å²) in [6.45, 7) is 14.6. The smallest absolute Gasteiger partial charge is 0.336 e. The van der Waals surface area contributed by atoms with Crippen molar-refractivity contribution in [2.45, 2.75) is 105 Å². The van der Waals surface area contributed by atoms with Crippen molar-refractivity contribution in [2.75, 3.05) is 0 Å². The zero-order valence-corrected chi connectivity index (χ0v) is 25.6. The first-order valence-corrected chi connectivity index (χ1v) is 14.5. The van der Waals surface area contributed by atoms with Crippen LogP contribution in [0.4, 0.5) is 0 Å². The molecule has 0 unspecified atom stereocenters. The SMILES string of the molecule is CC(C)=CCC/C(C)=C/CC/C(C)=C/CC[C@]1(C)CCc2cc(-c3c(C(=O)O)cc(O)c(O)c3O)c(C)c(C)c2O1. The Labute approximate surface area is 244 Å². The molecule has 2 aromatic rings. The second-order valence-electron chi connectivity index (χ2n) is 12.0. The topological polar surface area (TPSA) is 107 Å². The van der Waals surface area contributed by atoms with Crippen molar-refractivity contribution in [3.05, 3.63) is 69.3 Å². The average molecular weight is 563 g/mol. The number of hydrogen-bond acceptors (Lipinski definition) is 5. The number of carboxylic acid groups (broad SMARTS) is 1. The van der Waals surface area contributed by atoms with Gasteiger partial charge in [0.25, 0.3) is 0 Å². The summed E-state index contributed by atoms with van der Waals surface area (Å²) in [4.78, 5) is 11.9. The molecule has 222 valence electrons. The van der Waals surface area contributed by atoms with Gasteiger partial charge >= 0.3 is 5.97 Å². The van der Waals surface area contributed by atoms with E-state index in [2.05, 4.69) is 52.8 Å². The number of benzene rings is 2. The highest BCUT2D eigenvalue weighted by Gasteiger charge is 2.34. The fourth-order valence-electron chi connectivity index (χ4n) is 5.47. The van der Waals surface area contributed by atoms with Crippen molar-refractivity contribution in [2.24, 2.45) is 0 Å². The lowest BCUT2D eigenvalue weighted by Gasteiger charge is -2.37. The Kier molecular flexibility index (Phi) is 10.4. The van der Waals surface area contributed by atoms with Gasteiger partial charge in [-0.3, -0.25) is 0 Å². The predicted molar refractivity (Wildman–Crippen MR) is 165 cm³/mol. The van der Waals surface area contributed by atoms with E-state index < -0.39 is 23.2 Å². The van der Waals surface area contributed by atoms with Gasteiger partial charge in [0.05, 0.1) is 5.56 Å². The minimum Gasteiger partial charge on any atom is -0.504 e. The molecular formula is C35H46O6. The minimum absolute atomic E-state index is 0.0110. The molecule has 1 heterocycles. The van der Waals surface area contributed by atoms with Gasteiger partial charge in [-0.2, -0.15) is 0 Å². The molecule has 0 spiro atoms. The maximum absolute atomic E-state index is 11.9. The third kappa shape index (κ3) is 7.75. The number of ether oxygens (including phenoxy) is 1. The Bertz CT molecular complexity index is 1390. The van der Waals surface area contributed by atoms with E-state index in [4.69, 9.17) is 4.74 Å². The van der Waals surface area contributed by atoms with Gasteiger partial charge in [0.15, 0.2) is 11.5 Å². The zero-order chi connectivity index (χ0) is 30.5. The van der Waals surface area contributed by atoms with Crippen molar-refractivity contribution in [3.8, 4) is 34.1 Å². The van der Waals surface area contributed by atoms with Crippen molar-refractivity contribution >= 4 is 5.97 Å². The molecule has 1 atom stereocenters. The highest BCUT2D eigenvalue weighted by atomic mass is 16.5. The summed E-state index contributed by atoms with van der Waals surface area (Å²) in [6, 6.07) is 2.81. The number of fused-ring (bicyclic) bond motifs is 1. The van der Waals surface area contributed by atoms with Crippen molar-refractivity contribution in [3.63, 3.8) is 0 Å². The highest BCUT2D eigenvalue weighted by Crippen LogP contribution is 2.49. The monoisotopic (exact) mass is 562 g/mol. The molecule has 4 N–H and O–H groups in total. The van der Waals surface area contributed by atoms with Crippen molar-refractivity contribution in [1.29, 1.82) is 0 Å². The van der Waals surface area contributed by atoms with Gasteiger partial charge in [0.1, 0.15) is 11.4 Å². The molecule has 0 radical (unpaired) electrons. The van der Waals surface area contributed by atoms with E-state index in [1.165, 1.54) is 16.7 Å². The number of carbonyl (C=O) groups is 1. The summed E-state index contributed by atoms with van der Waals surface area (Å²) in [6.07, 6.45) is 14.7. The van der Waals surface area contributed by atoms with E-state index in [1.807, 2.05) is 19.9 Å². The van der Waals surface area contributed by atoms with Crippen molar-refractivity contribution < 1.29 is 30.0 Å². The van der Waals surface area contributed by atoms with Crippen LogP contribution in [0, 0.1) is 13.8 Å². The first kappa shape index (κ1) is 31.9. The number of allylic oxidation sites excluding steroid dienone is 6. The second kappa shape index (κ2) is 13.3. The summed E-state index contributed by atoms with van der Waals surface area (Å²) < 4.78 is 6.61. The third-order valence-electron chi connectivity index (χ3n) is 8.23. The summed E-state index contributed by atoms with van der Waals surface area (Å²) in [5.74, 6) is -2.58. The molecule has 0 aromatic heterocycles. The first-order chi connectivity index (χ1) is 19.2. The fraction of sp³-hybridized carbons (Fsp3) is 0.457. The number of aromatic carboxylic acids is 1. The van der Waals surface area contributed by atoms with E-state index in [0.717, 1.165) is 79.9 Å². The molecule has 6 heteroatoms. The van der Waals surface area contributed by atoms with E-state index in [0.29, 0.717) is 5.56 Å². The number of carboxylic acids is 1. The second-order valence-corrected chi connectivity index (χ2v) is 12.0. The Balaban J connectivity index is 1.72. The van der Waals surface area contributed by atoms with Crippen LogP contribution < -0.4 is 4.74 Å². The van der Waals surface area contributed by atoms with Crippen LogP contribution in [0.15, 0.2) is 47.1 Å². The van der Waals surface area contributed by atoms with Crippen molar-refractivity contribution in [1.82, 2.24) is 0 Å². The Morgan fingerprint density at radius 1 is 0.902 bits per heavy atom. The summed E-state index contributed by atoms with van der Waals surface area (Å²) in [5, 5.41) is 40.4. The maximum atomic E-state index is 11.9. The van der Waals surface area contributed by atoms with Crippen LogP contribution in [0.3, 0.4) is 0 Å². The van der Waals surface area contributed by atoms with Gasteiger partial charge in [-0.15, -0.1) is 0 Å². The van der Waals surface area contributed by atoms with Crippen LogP contribution in [-0.2, 0) is 6.42 Å². The number of phenols is 3. The molecular weight excluding hydrogens is 516 g/mol. The van der Waals surface area contributed by atoms with Gasteiger partial charge in [0.2, 0.25) is 5.75 Å². The fourth-order valence-corrected chi connectivity index (χ4v) is 5.47. The summed E-state index contributed by atoms with van der Waals surface area (Å²) >= 11 is 0. The lowest BCUT2D eigenvalue weighted by Crippen LogP contribution is -2.36. The lowest BCUT2D eigenvalue weighted by molar-refractivity contribution is 0.0562. The largest absolute Gasteiger partial charge is 0.504 e. The number of rotatable bonds is 11. The molecule has 3 rings (SSSR count). The quantitative estimate of drug-likeness (QED) is 0.161. The van der Waals surface area contributed by atoms with Crippen LogP contribution in [0.25, 0.3) is 11.1 Å². The minimum atomic E-state index is -1.31. The Hall–Kier alpha value is -3.67. The van der Waals surface area contributed by atoms with Gasteiger partial charge in [-0.25, -0.2) is 4.79 Å². The van der Waals surface area contributed by atoms with Crippen LogP contribution in [0.2, 0.25) is 0 Å². The van der Waals surface area contributed by atoms with Crippen LogP contribution in [0.5, 0.6) is 23.0 Å². The number of phenolic OH excluding ortho intramolecular Hbond substituents is 3. The maximum Gasteiger partial charge on any atom is 0.336 e. The van der Waals surface area contributed by atoms with Crippen LogP contribution >= 0.6 is 0 Å². The molecule has 0 amide bonds. The van der Waals surface area contributed by atoms with Gasteiger partial charge in [0, 0.05) is 5.56 Å². The molecule has 1 aliphatic heterocycles. The number of hydrogen-bond donors (Lipinski definition) is 4. The molecule has 0 saturated carbocycles. The predicted octanol–water partition coefficient (Wildman–Crippen LogP) is 9.07. The molecule has 0 saturated heterocycles. The molecule has 2 aromatic carbocycles. The first-order valence-electron chi connectivity index (χ1n) is 14.5. The molecule has 6 nitrogen and oxygen atoms in total. The molecule has 0 fully saturated rings. The van der Waals surface area contributed by atoms with E-state index >= 15 is 0 Å². The third-order valence-corrected chi connectivity index (χ3v) is 8.23. The number of aryl methyl sites for hydroxylation is 1. The van der Waals surface area contributed by atoms with Gasteiger partial charge in [-0.05, 0) is 134 Å². The standard InChI is InChI=1S/C35H46O6/c1-21(2)11-8-12-22(3)13-9-14-23(4)15-10-17-35(7)18-16-26-19-27(24(5)25(6)33(26)41-35)30-28(34(39)40)20-29(36)31(37)32(30)38/h11,13,15,19-20,36-38H,8-10,12,14,16-18H2,1-7H3,(H,39,40)/b22-13+,23-15+/t35-/m1/s1. The van der Waals surface area contributed by atoms with Gasteiger partial charge < -0.3 is 25.2 Å². The Morgan fingerprint density at radius 2 is 1.51 bits per heavy atom. The number of aromatic hydroxyl groups is 3. The van der Waals surface area contributed by atoms with E-state index in [-0.39, 0.29) is 16.7 Å². The Morgan fingerprint density at radius 3 is 2.12 bits per heavy atom. The average Bonchev–Trinajstić information content (AvgIpc) is 2.89. The normalized spacial score (nSPS) is 17.1. The molecule has 41 heavy (non-hydrogen) atoms. The van der Waals surface area contributed by atoms with E-state index in [1.54, 1.807) is 0 Å². The van der Waals surface area contributed by atoms with Gasteiger partial charge in [-0.1, -0.05) is 34.9 Å². The van der Waals surface area contributed by atoms with Crippen LogP contribution in [-0.4, -0.2) is 32.0 Å².